The molecule has 0 spiro atoms. The number of ether oxygens (including phenoxy) is 1. The van der Waals surface area contributed by atoms with E-state index in [2.05, 4.69) is 31.1 Å². The van der Waals surface area contributed by atoms with Crippen LogP contribution in [-0.4, -0.2) is 41.7 Å². The number of nitrogens with one attached hydrogen (secondary N) is 1. The molecule has 0 bridgehead atoms. The van der Waals surface area contributed by atoms with Gasteiger partial charge in [-0.05, 0) is 32.2 Å². The van der Waals surface area contributed by atoms with Crippen LogP contribution in [0.25, 0.3) is 0 Å². The van der Waals surface area contributed by atoms with Gasteiger partial charge in [-0.2, -0.15) is 0 Å². The SMILES string of the molecule is CNCc1nc(C(C)(C)C)cc2c1CN(c1cccc(N3C(=O)OC[C@@H]3C)n1)C2=O. The second-order valence-corrected chi connectivity index (χ2v) is 8.80. The fourth-order valence-electron chi connectivity index (χ4n) is 3.78. The Hall–Kier alpha value is -3.00. The van der Waals surface area contributed by atoms with Gasteiger partial charge >= 0.3 is 6.09 Å². The zero-order valence-corrected chi connectivity index (χ0v) is 18.0. The maximum absolute atomic E-state index is 13.3. The van der Waals surface area contributed by atoms with Crippen LogP contribution in [0.5, 0.6) is 0 Å². The number of carbonyl (C=O) groups is 2. The lowest BCUT2D eigenvalue weighted by Gasteiger charge is -2.20. The van der Waals surface area contributed by atoms with Crippen molar-refractivity contribution in [2.75, 3.05) is 23.5 Å². The van der Waals surface area contributed by atoms with E-state index < -0.39 is 6.09 Å². The fraction of sp³-hybridized carbons (Fsp3) is 0.455. The van der Waals surface area contributed by atoms with E-state index in [0.29, 0.717) is 36.9 Å². The van der Waals surface area contributed by atoms with Gasteiger partial charge in [0.2, 0.25) is 0 Å². The molecule has 0 unspecified atom stereocenters. The molecule has 0 saturated carbocycles. The lowest BCUT2D eigenvalue weighted by atomic mass is 9.89. The van der Waals surface area contributed by atoms with Crippen molar-refractivity contribution >= 4 is 23.6 Å². The van der Waals surface area contributed by atoms with Crippen LogP contribution < -0.4 is 15.1 Å². The van der Waals surface area contributed by atoms with E-state index in [1.54, 1.807) is 23.1 Å². The van der Waals surface area contributed by atoms with E-state index in [-0.39, 0.29) is 17.4 Å². The lowest BCUT2D eigenvalue weighted by molar-refractivity contribution is 0.0995. The monoisotopic (exact) mass is 409 g/mol. The molecule has 2 aromatic rings. The summed E-state index contributed by atoms with van der Waals surface area (Å²) in [5, 5.41) is 3.15. The van der Waals surface area contributed by atoms with Crippen LogP contribution in [0.4, 0.5) is 16.4 Å². The molecular weight excluding hydrogens is 382 g/mol. The zero-order valence-electron chi connectivity index (χ0n) is 18.0. The second kappa shape index (κ2) is 7.36. The lowest BCUT2D eigenvalue weighted by Crippen LogP contribution is -2.32. The minimum absolute atomic E-state index is 0.100. The van der Waals surface area contributed by atoms with Crippen molar-refractivity contribution in [1.29, 1.82) is 0 Å². The molecule has 0 radical (unpaired) electrons. The van der Waals surface area contributed by atoms with E-state index >= 15 is 0 Å². The molecule has 2 aromatic heterocycles. The summed E-state index contributed by atoms with van der Waals surface area (Å²) < 4.78 is 5.11. The van der Waals surface area contributed by atoms with E-state index in [0.717, 1.165) is 17.0 Å². The molecule has 2 aliphatic rings. The Morgan fingerprint density at radius 3 is 2.57 bits per heavy atom. The molecule has 4 heterocycles. The van der Waals surface area contributed by atoms with Crippen LogP contribution in [0.15, 0.2) is 24.3 Å². The molecule has 0 aromatic carbocycles. The first-order chi connectivity index (χ1) is 14.2. The number of carbonyl (C=O) groups excluding carboxylic acids is 2. The average molecular weight is 409 g/mol. The van der Waals surface area contributed by atoms with Gasteiger partial charge < -0.3 is 10.1 Å². The molecule has 158 valence electrons. The van der Waals surface area contributed by atoms with Gasteiger partial charge in [-0.15, -0.1) is 0 Å². The highest BCUT2D eigenvalue weighted by Crippen LogP contribution is 2.33. The molecule has 1 atom stereocenters. The maximum Gasteiger partial charge on any atom is 0.415 e. The van der Waals surface area contributed by atoms with Gasteiger partial charge in [-0.25, -0.2) is 9.78 Å². The van der Waals surface area contributed by atoms with E-state index in [1.165, 1.54) is 4.90 Å². The fourth-order valence-corrected chi connectivity index (χ4v) is 3.78. The highest BCUT2D eigenvalue weighted by atomic mass is 16.6. The summed E-state index contributed by atoms with van der Waals surface area (Å²) in [7, 11) is 1.87. The summed E-state index contributed by atoms with van der Waals surface area (Å²) in [5.41, 5.74) is 3.18. The van der Waals surface area contributed by atoms with Crippen molar-refractivity contribution in [3.63, 3.8) is 0 Å². The Bertz CT molecular complexity index is 1010. The Labute approximate surface area is 176 Å². The molecule has 30 heavy (non-hydrogen) atoms. The number of pyridine rings is 2. The topological polar surface area (TPSA) is 87.7 Å². The molecule has 1 saturated heterocycles. The van der Waals surface area contributed by atoms with Gasteiger partial charge in [0.1, 0.15) is 18.2 Å². The number of rotatable bonds is 4. The van der Waals surface area contributed by atoms with Gasteiger partial charge in [-0.3, -0.25) is 19.6 Å². The van der Waals surface area contributed by atoms with Crippen LogP contribution in [0, 0.1) is 0 Å². The Morgan fingerprint density at radius 2 is 1.93 bits per heavy atom. The Balaban J connectivity index is 1.72. The summed E-state index contributed by atoms with van der Waals surface area (Å²) in [4.78, 5) is 38.0. The first-order valence-electron chi connectivity index (χ1n) is 10.1. The van der Waals surface area contributed by atoms with Crippen molar-refractivity contribution < 1.29 is 14.3 Å². The predicted octanol–water partition coefficient (Wildman–Crippen LogP) is 3.00. The van der Waals surface area contributed by atoms with Crippen LogP contribution in [0.2, 0.25) is 0 Å². The number of fused-ring (bicyclic) bond motifs is 1. The third kappa shape index (κ3) is 3.41. The number of hydrogen-bond acceptors (Lipinski definition) is 6. The predicted molar refractivity (Wildman–Crippen MR) is 114 cm³/mol. The number of hydrogen-bond donors (Lipinski definition) is 1. The highest BCUT2D eigenvalue weighted by Gasteiger charge is 2.36. The molecule has 8 nitrogen and oxygen atoms in total. The van der Waals surface area contributed by atoms with Crippen LogP contribution >= 0.6 is 0 Å². The number of nitrogens with zero attached hydrogens (tertiary/aromatic N) is 4. The van der Waals surface area contributed by atoms with Crippen LogP contribution in [-0.2, 0) is 23.2 Å². The number of amides is 2. The Morgan fingerprint density at radius 1 is 1.20 bits per heavy atom. The Kier molecular flexibility index (Phi) is 4.97. The first-order valence-corrected chi connectivity index (χ1v) is 10.1. The van der Waals surface area contributed by atoms with Crippen molar-refractivity contribution in [2.24, 2.45) is 0 Å². The summed E-state index contributed by atoms with van der Waals surface area (Å²) >= 11 is 0. The molecule has 0 aliphatic carbocycles. The summed E-state index contributed by atoms with van der Waals surface area (Å²) in [6.45, 7) is 9.47. The third-order valence-corrected chi connectivity index (χ3v) is 5.44. The van der Waals surface area contributed by atoms with Crippen LogP contribution in [0.3, 0.4) is 0 Å². The van der Waals surface area contributed by atoms with Crippen molar-refractivity contribution in [3.8, 4) is 0 Å². The van der Waals surface area contributed by atoms with Crippen LogP contribution in [0.1, 0.15) is 55.0 Å². The summed E-state index contributed by atoms with van der Waals surface area (Å²) in [6.07, 6.45) is -0.418. The van der Waals surface area contributed by atoms with Gasteiger partial charge in [-0.1, -0.05) is 26.8 Å². The summed E-state index contributed by atoms with van der Waals surface area (Å²) in [5.74, 6) is 0.889. The number of cyclic esters (lactones) is 1. The largest absolute Gasteiger partial charge is 0.447 e. The molecule has 1 fully saturated rings. The normalized spacial score (nSPS) is 18.8. The van der Waals surface area contributed by atoms with Crippen molar-refractivity contribution in [2.45, 2.75) is 52.2 Å². The van der Waals surface area contributed by atoms with Crippen molar-refractivity contribution in [3.05, 3.63) is 46.8 Å². The van der Waals surface area contributed by atoms with Gasteiger partial charge in [0.05, 0.1) is 18.3 Å². The van der Waals surface area contributed by atoms with Gasteiger partial charge in [0.15, 0.2) is 0 Å². The number of aromatic nitrogens is 2. The van der Waals surface area contributed by atoms with Crippen molar-refractivity contribution in [1.82, 2.24) is 15.3 Å². The molecule has 4 rings (SSSR count). The summed E-state index contributed by atoms with van der Waals surface area (Å²) in [6, 6.07) is 7.15. The average Bonchev–Trinajstić information content (AvgIpc) is 3.21. The van der Waals surface area contributed by atoms with E-state index in [9.17, 15) is 9.59 Å². The quantitative estimate of drug-likeness (QED) is 0.835. The smallest absolute Gasteiger partial charge is 0.415 e. The maximum atomic E-state index is 13.3. The van der Waals surface area contributed by atoms with Gasteiger partial charge in [0.25, 0.3) is 5.91 Å². The minimum atomic E-state index is -0.418. The first kappa shape index (κ1) is 20.3. The van der Waals surface area contributed by atoms with E-state index in [1.807, 2.05) is 20.0 Å². The van der Waals surface area contributed by atoms with Gasteiger partial charge in [0, 0.05) is 28.8 Å². The minimum Gasteiger partial charge on any atom is -0.447 e. The molecule has 2 aliphatic heterocycles. The molecular formula is C22H27N5O3. The molecule has 2 amide bonds. The standard InChI is InChI=1S/C22H27N5O3/c1-13-12-30-21(29)27(13)19-8-6-7-18(25-19)26-11-15-14(20(26)28)9-17(22(2,3)4)24-16(15)10-23-5/h6-9,13,23H,10-12H2,1-5H3/t13-/m0/s1. The van der Waals surface area contributed by atoms with E-state index in [4.69, 9.17) is 9.72 Å². The number of anilines is 2. The molecule has 1 N–H and O–H groups in total. The molecule has 8 heteroatoms. The third-order valence-electron chi connectivity index (χ3n) is 5.44. The zero-order chi connectivity index (χ0) is 21.6. The highest BCUT2D eigenvalue weighted by molar-refractivity contribution is 6.10. The second-order valence-electron chi connectivity index (χ2n) is 8.80.